The monoisotopic (exact) mass is 601 g/mol. The van der Waals surface area contributed by atoms with E-state index >= 15 is 0 Å². The molecule has 0 aliphatic heterocycles. The molecule has 0 aliphatic rings. The smallest absolute Gasteiger partial charge is 0.357 e. The summed E-state index contributed by atoms with van der Waals surface area (Å²) in [6, 6.07) is 14.1. The van der Waals surface area contributed by atoms with E-state index in [2.05, 4.69) is 5.32 Å². The number of halogens is 5. The van der Waals surface area contributed by atoms with Gasteiger partial charge in [-0.15, -0.1) is 0 Å². The standard InChI is InChI=1S/C26H24Cl2F3N3O4S/c1-17(25(36)32-2)33(15-21-22(27)12-7-13-23(21)28)24(35)16-34(39(37,38)20-10-4-3-5-11-20)19-9-6-8-18(14-19)26(29,30)31/h3-14,17H,15-16H2,1-2H3,(H,32,36)/t17-/m0/s1. The second kappa shape index (κ2) is 12.3. The first-order valence-electron chi connectivity index (χ1n) is 11.5. The lowest BCUT2D eigenvalue weighted by molar-refractivity contribution is -0.139. The SMILES string of the molecule is CNC(=O)[C@H](C)N(Cc1c(Cl)cccc1Cl)C(=O)CN(c1cccc(C(F)(F)F)c1)S(=O)(=O)c1ccccc1. The van der Waals surface area contributed by atoms with E-state index in [1.165, 1.54) is 50.4 Å². The van der Waals surface area contributed by atoms with Crippen LogP contribution in [0.15, 0.2) is 77.7 Å². The summed E-state index contributed by atoms with van der Waals surface area (Å²) in [4.78, 5) is 27.0. The predicted molar refractivity (Wildman–Crippen MR) is 143 cm³/mol. The molecule has 1 N–H and O–H groups in total. The second-order valence-electron chi connectivity index (χ2n) is 8.38. The zero-order valence-electron chi connectivity index (χ0n) is 20.7. The van der Waals surface area contributed by atoms with Crippen molar-refractivity contribution in [1.29, 1.82) is 0 Å². The van der Waals surface area contributed by atoms with Crippen molar-refractivity contribution in [2.45, 2.75) is 30.6 Å². The Morgan fingerprint density at radius 3 is 2.10 bits per heavy atom. The molecule has 7 nitrogen and oxygen atoms in total. The maximum atomic E-state index is 13.7. The number of rotatable bonds is 9. The zero-order valence-corrected chi connectivity index (χ0v) is 23.1. The Kier molecular flexibility index (Phi) is 9.52. The molecule has 13 heteroatoms. The normalized spacial score (nSPS) is 12.5. The van der Waals surface area contributed by atoms with E-state index in [1.807, 2.05) is 0 Å². The first-order chi connectivity index (χ1) is 18.3. The maximum Gasteiger partial charge on any atom is 0.416 e. The number of anilines is 1. The fourth-order valence-corrected chi connectivity index (χ4v) is 5.68. The minimum absolute atomic E-state index is 0.205. The lowest BCUT2D eigenvalue weighted by Gasteiger charge is -2.32. The molecule has 3 aromatic rings. The number of benzene rings is 3. The van der Waals surface area contributed by atoms with Gasteiger partial charge >= 0.3 is 6.18 Å². The first kappa shape index (κ1) is 30.3. The van der Waals surface area contributed by atoms with Crippen LogP contribution in [0.4, 0.5) is 18.9 Å². The van der Waals surface area contributed by atoms with Gasteiger partial charge in [-0.25, -0.2) is 8.42 Å². The number of hydrogen-bond donors (Lipinski definition) is 1. The quantitative estimate of drug-likeness (QED) is 0.357. The molecule has 0 aliphatic carbocycles. The Bertz CT molecular complexity index is 1430. The summed E-state index contributed by atoms with van der Waals surface area (Å²) in [7, 11) is -3.16. The highest BCUT2D eigenvalue weighted by Crippen LogP contribution is 2.33. The molecule has 0 unspecified atom stereocenters. The van der Waals surface area contributed by atoms with Crippen molar-refractivity contribution in [2.75, 3.05) is 17.9 Å². The summed E-state index contributed by atoms with van der Waals surface area (Å²) in [5.41, 5.74) is -1.18. The van der Waals surface area contributed by atoms with E-state index in [0.29, 0.717) is 15.9 Å². The zero-order chi connectivity index (χ0) is 29.0. The van der Waals surface area contributed by atoms with Crippen LogP contribution in [0, 0.1) is 0 Å². The largest absolute Gasteiger partial charge is 0.416 e. The molecule has 0 radical (unpaired) electrons. The van der Waals surface area contributed by atoms with Crippen LogP contribution in [0.2, 0.25) is 10.0 Å². The molecule has 1 atom stereocenters. The molecule has 39 heavy (non-hydrogen) atoms. The van der Waals surface area contributed by atoms with Crippen molar-refractivity contribution >= 4 is 50.7 Å². The van der Waals surface area contributed by atoms with E-state index in [1.54, 1.807) is 12.1 Å². The third-order valence-corrected chi connectivity index (χ3v) is 8.37. The van der Waals surface area contributed by atoms with E-state index in [0.717, 1.165) is 23.1 Å². The van der Waals surface area contributed by atoms with Gasteiger partial charge in [0.05, 0.1) is 16.1 Å². The van der Waals surface area contributed by atoms with Gasteiger partial charge in [0.2, 0.25) is 11.8 Å². The van der Waals surface area contributed by atoms with Crippen molar-refractivity contribution in [1.82, 2.24) is 10.2 Å². The van der Waals surface area contributed by atoms with Crippen LogP contribution in [-0.2, 0) is 32.3 Å². The molecule has 0 aromatic heterocycles. The molecule has 0 saturated heterocycles. The van der Waals surface area contributed by atoms with Crippen LogP contribution >= 0.6 is 23.2 Å². The molecule has 208 valence electrons. The van der Waals surface area contributed by atoms with Crippen LogP contribution < -0.4 is 9.62 Å². The minimum atomic E-state index is -4.76. The molecule has 0 fully saturated rings. The minimum Gasteiger partial charge on any atom is -0.357 e. The predicted octanol–water partition coefficient (Wildman–Crippen LogP) is 5.37. The van der Waals surface area contributed by atoms with Gasteiger partial charge in [0.1, 0.15) is 12.6 Å². The molecule has 3 rings (SSSR count). The van der Waals surface area contributed by atoms with Gasteiger partial charge in [0.15, 0.2) is 0 Å². The number of likely N-dealkylation sites (N-methyl/N-ethyl adjacent to an activating group) is 1. The molecule has 0 spiro atoms. The van der Waals surface area contributed by atoms with Crippen molar-refractivity contribution in [3.05, 3.63) is 94.0 Å². The van der Waals surface area contributed by atoms with Gasteiger partial charge in [0.25, 0.3) is 10.0 Å². The third kappa shape index (κ3) is 7.03. The Labute approximate surface area is 234 Å². The number of nitrogens with zero attached hydrogens (tertiary/aromatic N) is 2. The van der Waals surface area contributed by atoms with Gasteiger partial charge in [0, 0.05) is 29.2 Å². The van der Waals surface area contributed by atoms with E-state index in [9.17, 15) is 31.2 Å². The number of nitrogens with one attached hydrogen (secondary N) is 1. The van der Waals surface area contributed by atoms with E-state index < -0.39 is 46.2 Å². The van der Waals surface area contributed by atoms with Gasteiger partial charge in [-0.3, -0.25) is 13.9 Å². The van der Waals surface area contributed by atoms with E-state index in [4.69, 9.17) is 23.2 Å². The van der Waals surface area contributed by atoms with Crippen LogP contribution in [0.25, 0.3) is 0 Å². The number of hydrogen-bond acceptors (Lipinski definition) is 4. The van der Waals surface area contributed by atoms with Crippen molar-refractivity contribution in [3.63, 3.8) is 0 Å². The number of sulfonamides is 1. The molecule has 0 bridgehead atoms. The van der Waals surface area contributed by atoms with Gasteiger partial charge in [-0.2, -0.15) is 13.2 Å². The average molecular weight is 602 g/mol. The van der Waals surface area contributed by atoms with Crippen LogP contribution in [0.5, 0.6) is 0 Å². The summed E-state index contributed by atoms with van der Waals surface area (Å²) < 4.78 is 68.3. The van der Waals surface area contributed by atoms with Gasteiger partial charge < -0.3 is 10.2 Å². The molecule has 3 aromatic carbocycles. The summed E-state index contributed by atoms with van der Waals surface area (Å²) >= 11 is 12.6. The third-order valence-electron chi connectivity index (χ3n) is 5.88. The lowest BCUT2D eigenvalue weighted by Crippen LogP contribution is -2.50. The Morgan fingerprint density at radius 2 is 1.54 bits per heavy atom. The maximum absolute atomic E-state index is 13.7. The summed E-state index contributed by atoms with van der Waals surface area (Å²) in [6.45, 7) is 0.234. The number of carbonyl (C=O) groups excluding carboxylic acids is 2. The molecular weight excluding hydrogens is 578 g/mol. The molecule has 0 saturated carbocycles. The van der Waals surface area contributed by atoms with Crippen molar-refractivity contribution in [2.24, 2.45) is 0 Å². The first-order valence-corrected chi connectivity index (χ1v) is 13.7. The van der Waals surface area contributed by atoms with Crippen molar-refractivity contribution < 1.29 is 31.2 Å². The van der Waals surface area contributed by atoms with Crippen molar-refractivity contribution in [3.8, 4) is 0 Å². The molecular formula is C26H24Cl2F3N3O4S. The highest BCUT2D eigenvalue weighted by Gasteiger charge is 2.35. The number of carbonyl (C=O) groups is 2. The number of amides is 2. The lowest BCUT2D eigenvalue weighted by atomic mass is 10.1. The fraction of sp³-hybridized carbons (Fsp3) is 0.231. The topological polar surface area (TPSA) is 86.8 Å². The fourth-order valence-electron chi connectivity index (χ4n) is 3.73. The highest BCUT2D eigenvalue weighted by molar-refractivity contribution is 7.92. The second-order valence-corrected chi connectivity index (χ2v) is 11.1. The highest BCUT2D eigenvalue weighted by atomic mass is 35.5. The molecule has 2 amide bonds. The summed E-state index contributed by atoms with van der Waals surface area (Å²) in [6.07, 6.45) is -4.76. The Hall–Kier alpha value is -3.28. The number of alkyl halides is 3. The van der Waals surface area contributed by atoms with Crippen LogP contribution in [0.1, 0.15) is 18.1 Å². The Balaban J connectivity index is 2.11. The average Bonchev–Trinajstić information content (AvgIpc) is 2.90. The van der Waals surface area contributed by atoms with Crippen LogP contribution in [-0.4, -0.2) is 44.8 Å². The van der Waals surface area contributed by atoms with Crippen LogP contribution in [0.3, 0.4) is 0 Å². The Morgan fingerprint density at radius 1 is 0.949 bits per heavy atom. The summed E-state index contributed by atoms with van der Waals surface area (Å²) in [5, 5.41) is 2.83. The van der Waals surface area contributed by atoms with Gasteiger partial charge in [-0.05, 0) is 49.4 Å². The van der Waals surface area contributed by atoms with E-state index in [-0.39, 0.29) is 27.2 Å². The summed E-state index contributed by atoms with van der Waals surface area (Å²) in [5.74, 6) is -1.44. The molecule has 0 heterocycles. The van der Waals surface area contributed by atoms with Gasteiger partial charge in [-0.1, -0.05) is 53.5 Å².